The van der Waals surface area contributed by atoms with E-state index in [2.05, 4.69) is 11.9 Å². The van der Waals surface area contributed by atoms with Gasteiger partial charge in [0.15, 0.2) is 0 Å². The number of esters is 1. The lowest BCUT2D eigenvalue weighted by Gasteiger charge is -2.33. The highest BCUT2D eigenvalue weighted by Gasteiger charge is 2.20. The number of carbonyl (C=O) groups excluding carboxylic acids is 1. The van der Waals surface area contributed by atoms with Gasteiger partial charge in [-0.05, 0) is 31.0 Å². The van der Waals surface area contributed by atoms with Gasteiger partial charge in [-0.25, -0.2) is 4.79 Å². The number of anilines is 2. The maximum atomic E-state index is 11.5. The van der Waals surface area contributed by atoms with Crippen LogP contribution in [0.25, 0.3) is 0 Å². The third-order valence-corrected chi connectivity index (χ3v) is 3.95. The maximum Gasteiger partial charge on any atom is 0.337 e. The molecule has 2 N–H and O–H groups in total. The minimum Gasteiger partial charge on any atom is -0.465 e. The molecule has 4 heteroatoms. The Kier molecular flexibility index (Phi) is 4.30. The Morgan fingerprint density at radius 3 is 2.58 bits per heavy atom. The molecule has 0 amide bonds. The molecule has 0 aromatic heterocycles. The van der Waals surface area contributed by atoms with E-state index in [0.29, 0.717) is 17.3 Å². The van der Waals surface area contributed by atoms with Crippen molar-refractivity contribution in [2.45, 2.75) is 38.1 Å². The van der Waals surface area contributed by atoms with E-state index in [1.54, 1.807) is 12.1 Å². The zero-order valence-electron chi connectivity index (χ0n) is 11.7. The van der Waals surface area contributed by atoms with Crippen LogP contribution in [0, 0.1) is 0 Å². The van der Waals surface area contributed by atoms with Gasteiger partial charge in [0, 0.05) is 13.1 Å². The van der Waals surface area contributed by atoms with E-state index >= 15 is 0 Å². The largest absolute Gasteiger partial charge is 0.465 e. The van der Waals surface area contributed by atoms with Gasteiger partial charge in [-0.2, -0.15) is 0 Å². The Hall–Kier alpha value is -1.71. The maximum absolute atomic E-state index is 11.5. The fourth-order valence-corrected chi connectivity index (χ4v) is 2.79. The summed E-state index contributed by atoms with van der Waals surface area (Å²) in [6.45, 7) is 0. The molecule has 1 aliphatic carbocycles. The fraction of sp³-hybridized carbons (Fsp3) is 0.533. The van der Waals surface area contributed by atoms with Crippen molar-refractivity contribution in [3.8, 4) is 0 Å². The van der Waals surface area contributed by atoms with Crippen LogP contribution in [-0.2, 0) is 4.74 Å². The second-order valence-corrected chi connectivity index (χ2v) is 5.17. The Morgan fingerprint density at radius 2 is 2.00 bits per heavy atom. The molecule has 0 spiro atoms. The summed E-state index contributed by atoms with van der Waals surface area (Å²) in [7, 11) is 3.46. The molecule has 0 aliphatic heterocycles. The van der Waals surface area contributed by atoms with Crippen molar-refractivity contribution in [2.24, 2.45) is 0 Å². The van der Waals surface area contributed by atoms with E-state index in [-0.39, 0.29) is 5.97 Å². The summed E-state index contributed by atoms with van der Waals surface area (Å²) in [6.07, 6.45) is 6.34. The summed E-state index contributed by atoms with van der Waals surface area (Å²) >= 11 is 0. The Balaban J connectivity index is 2.17. The molecule has 0 saturated heterocycles. The first-order chi connectivity index (χ1) is 9.13. The Bertz CT molecular complexity index is 453. The third kappa shape index (κ3) is 3.00. The second-order valence-electron chi connectivity index (χ2n) is 5.17. The molecule has 1 aromatic rings. The van der Waals surface area contributed by atoms with Crippen LogP contribution in [0.1, 0.15) is 42.5 Å². The summed E-state index contributed by atoms with van der Waals surface area (Å²) in [4.78, 5) is 13.7. The smallest absolute Gasteiger partial charge is 0.337 e. The highest BCUT2D eigenvalue weighted by Crippen LogP contribution is 2.30. The lowest BCUT2D eigenvalue weighted by molar-refractivity contribution is 0.0601. The molecule has 0 radical (unpaired) electrons. The second kappa shape index (κ2) is 5.95. The summed E-state index contributed by atoms with van der Waals surface area (Å²) in [5.41, 5.74) is 8.21. The molecule has 4 nitrogen and oxygen atoms in total. The van der Waals surface area contributed by atoms with Crippen molar-refractivity contribution in [3.05, 3.63) is 23.8 Å². The predicted molar refractivity (Wildman–Crippen MR) is 77.5 cm³/mol. The quantitative estimate of drug-likeness (QED) is 0.672. The van der Waals surface area contributed by atoms with Crippen LogP contribution in [0.2, 0.25) is 0 Å². The van der Waals surface area contributed by atoms with Gasteiger partial charge in [0.2, 0.25) is 0 Å². The molecule has 0 atom stereocenters. The van der Waals surface area contributed by atoms with Gasteiger partial charge in [0.05, 0.1) is 24.0 Å². The Morgan fingerprint density at radius 1 is 1.32 bits per heavy atom. The number of ether oxygens (including phenoxy) is 1. The van der Waals surface area contributed by atoms with Crippen LogP contribution in [-0.4, -0.2) is 26.2 Å². The van der Waals surface area contributed by atoms with E-state index in [1.165, 1.54) is 39.2 Å². The molecule has 1 aliphatic rings. The number of nitrogens with two attached hydrogens (primary N) is 1. The van der Waals surface area contributed by atoms with Gasteiger partial charge >= 0.3 is 5.97 Å². The van der Waals surface area contributed by atoms with Crippen molar-refractivity contribution in [3.63, 3.8) is 0 Å². The van der Waals surface area contributed by atoms with Crippen molar-refractivity contribution < 1.29 is 9.53 Å². The average Bonchev–Trinajstić information content (AvgIpc) is 2.46. The first-order valence-electron chi connectivity index (χ1n) is 6.84. The number of carbonyl (C=O) groups is 1. The SMILES string of the molecule is COC(=O)c1ccc(N(C)C2CCCCC2)c(N)c1. The monoisotopic (exact) mass is 262 g/mol. The first kappa shape index (κ1) is 13.7. The molecule has 2 rings (SSSR count). The minimum absolute atomic E-state index is 0.349. The third-order valence-electron chi connectivity index (χ3n) is 3.95. The molecule has 19 heavy (non-hydrogen) atoms. The van der Waals surface area contributed by atoms with E-state index in [9.17, 15) is 4.79 Å². The number of nitrogens with zero attached hydrogens (tertiary/aromatic N) is 1. The molecule has 104 valence electrons. The van der Waals surface area contributed by atoms with Crippen molar-refractivity contribution >= 4 is 17.3 Å². The molecule has 1 aromatic carbocycles. The van der Waals surface area contributed by atoms with Gasteiger partial charge < -0.3 is 15.4 Å². The fourth-order valence-electron chi connectivity index (χ4n) is 2.79. The van der Waals surface area contributed by atoms with E-state index in [0.717, 1.165) is 5.69 Å². The van der Waals surface area contributed by atoms with Gasteiger partial charge in [0.1, 0.15) is 0 Å². The molecular weight excluding hydrogens is 240 g/mol. The molecule has 1 fully saturated rings. The Labute approximate surface area is 114 Å². The van der Waals surface area contributed by atoms with Gasteiger partial charge in [0.25, 0.3) is 0 Å². The summed E-state index contributed by atoms with van der Waals surface area (Å²) in [6, 6.07) is 5.94. The van der Waals surface area contributed by atoms with E-state index in [4.69, 9.17) is 10.5 Å². The summed E-state index contributed by atoms with van der Waals surface area (Å²) < 4.78 is 4.70. The van der Waals surface area contributed by atoms with Gasteiger partial charge in [-0.3, -0.25) is 0 Å². The van der Waals surface area contributed by atoms with E-state index < -0.39 is 0 Å². The number of methoxy groups -OCH3 is 1. The van der Waals surface area contributed by atoms with Crippen LogP contribution in [0.5, 0.6) is 0 Å². The van der Waals surface area contributed by atoms with Crippen LogP contribution >= 0.6 is 0 Å². The minimum atomic E-state index is -0.349. The molecule has 0 bridgehead atoms. The normalized spacial score (nSPS) is 16.1. The lowest BCUT2D eigenvalue weighted by Crippen LogP contribution is -2.33. The first-order valence-corrected chi connectivity index (χ1v) is 6.84. The van der Waals surface area contributed by atoms with Crippen LogP contribution in [0.3, 0.4) is 0 Å². The number of hydrogen-bond acceptors (Lipinski definition) is 4. The van der Waals surface area contributed by atoms with Gasteiger partial charge in [-0.1, -0.05) is 19.3 Å². The van der Waals surface area contributed by atoms with Crippen LogP contribution in [0.15, 0.2) is 18.2 Å². The summed E-state index contributed by atoms with van der Waals surface area (Å²) in [5.74, 6) is -0.349. The van der Waals surface area contributed by atoms with Crippen molar-refractivity contribution in [1.29, 1.82) is 0 Å². The van der Waals surface area contributed by atoms with Crippen molar-refractivity contribution in [2.75, 3.05) is 24.8 Å². The number of benzene rings is 1. The molecule has 1 saturated carbocycles. The van der Waals surface area contributed by atoms with Gasteiger partial charge in [-0.15, -0.1) is 0 Å². The zero-order chi connectivity index (χ0) is 13.8. The number of nitrogen functional groups attached to an aromatic ring is 1. The number of hydrogen-bond donors (Lipinski definition) is 1. The topological polar surface area (TPSA) is 55.6 Å². The highest BCUT2D eigenvalue weighted by molar-refractivity contribution is 5.91. The highest BCUT2D eigenvalue weighted by atomic mass is 16.5. The average molecular weight is 262 g/mol. The zero-order valence-corrected chi connectivity index (χ0v) is 11.7. The standard InChI is InChI=1S/C15H22N2O2/c1-17(12-6-4-3-5-7-12)14-9-8-11(10-13(14)16)15(18)19-2/h8-10,12H,3-7,16H2,1-2H3. The predicted octanol–water partition coefficient (Wildman–Crippen LogP) is 2.82. The van der Waals surface area contributed by atoms with Crippen LogP contribution in [0.4, 0.5) is 11.4 Å². The van der Waals surface area contributed by atoms with E-state index in [1.807, 2.05) is 6.07 Å². The molecule has 0 unspecified atom stereocenters. The molecule has 0 heterocycles. The molecular formula is C15H22N2O2. The number of rotatable bonds is 3. The lowest BCUT2D eigenvalue weighted by atomic mass is 9.94. The van der Waals surface area contributed by atoms with Crippen molar-refractivity contribution in [1.82, 2.24) is 0 Å². The van der Waals surface area contributed by atoms with Crippen LogP contribution < -0.4 is 10.6 Å². The summed E-state index contributed by atoms with van der Waals surface area (Å²) in [5, 5.41) is 0.